The van der Waals surface area contributed by atoms with E-state index in [4.69, 9.17) is 0 Å². The van der Waals surface area contributed by atoms with Crippen molar-refractivity contribution >= 4 is 5.91 Å². The predicted molar refractivity (Wildman–Crippen MR) is 91.3 cm³/mol. The summed E-state index contributed by atoms with van der Waals surface area (Å²) in [6.45, 7) is 8.12. The van der Waals surface area contributed by atoms with E-state index < -0.39 is 0 Å². The van der Waals surface area contributed by atoms with Gasteiger partial charge in [0.25, 0.3) is 0 Å². The molecule has 1 aliphatic heterocycles. The van der Waals surface area contributed by atoms with Crippen molar-refractivity contribution in [2.45, 2.75) is 64.5 Å². The summed E-state index contributed by atoms with van der Waals surface area (Å²) >= 11 is 0. The number of nitrogens with one attached hydrogen (secondary N) is 1. The molecule has 2 aliphatic rings. The van der Waals surface area contributed by atoms with Crippen LogP contribution in [0.3, 0.4) is 0 Å². The lowest BCUT2D eigenvalue weighted by molar-refractivity contribution is -0.126. The SMILES string of the molecule is CC(C)N1CCC[C@H](C(=O)NCCCn2nccc2C2CC2)C1. The first kappa shape index (κ1) is 16.5. The lowest BCUT2D eigenvalue weighted by atomic mass is 9.96. The highest BCUT2D eigenvalue weighted by molar-refractivity contribution is 5.78. The number of aromatic nitrogens is 2. The van der Waals surface area contributed by atoms with Crippen LogP contribution < -0.4 is 5.32 Å². The van der Waals surface area contributed by atoms with Gasteiger partial charge in [-0.05, 0) is 58.6 Å². The minimum absolute atomic E-state index is 0.165. The van der Waals surface area contributed by atoms with E-state index in [-0.39, 0.29) is 11.8 Å². The number of likely N-dealkylation sites (tertiary alicyclic amines) is 1. The number of piperidine rings is 1. The van der Waals surface area contributed by atoms with Gasteiger partial charge in [-0.15, -0.1) is 0 Å². The molecule has 1 saturated carbocycles. The molecule has 1 aromatic rings. The molecule has 1 N–H and O–H groups in total. The Morgan fingerprint density at radius 3 is 2.96 bits per heavy atom. The first-order valence-electron chi connectivity index (χ1n) is 9.18. The zero-order valence-electron chi connectivity index (χ0n) is 14.5. The fourth-order valence-electron chi connectivity index (χ4n) is 3.53. The van der Waals surface area contributed by atoms with Crippen molar-refractivity contribution in [2.24, 2.45) is 5.92 Å². The monoisotopic (exact) mass is 318 g/mol. The van der Waals surface area contributed by atoms with E-state index in [1.807, 2.05) is 6.20 Å². The van der Waals surface area contributed by atoms with Crippen LogP contribution in [0.25, 0.3) is 0 Å². The molecule has 0 bridgehead atoms. The Morgan fingerprint density at radius 1 is 1.39 bits per heavy atom. The van der Waals surface area contributed by atoms with Crippen LogP contribution in [0, 0.1) is 5.92 Å². The molecule has 2 heterocycles. The summed E-state index contributed by atoms with van der Waals surface area (Å²) in [5.41, 5.74) is 1.37. The van der Waals surface area contributed by atoms with Gasteiger partial charge in [0.2, 0.25) is 5.91 Å². The molecule has 1 saturated heterocycles. The van der Waals surface area contributed by atoms with E-state index in [0.29, 0.717) is 6.04 Å². The van der Waals surface area contributed by atoms with Gasteiger partial charge in [0.1, 0.15) is 0 Å². The Labute approximate surface area is 139 Å². The van der Waals surface area contributed by atoms with E-state index in [1.54, 1.807) is 0 Å². The van der Waals surface area contributed by atoms with Crippen molar-refractivity contribution in [2.75, 3.05) is 19.6 Å². The van der Waals surface area contributed by atoms with E-state index in [0.717, 1.165) is 51.4 Å². The molecule has 0 aromatic carbocycles. The Kier molecular flexibility index (Phi) is 5.36. The van der Waals surface area contributed by atoms with Crippen molar-refractivity contribution in [1.29, 1.82) is 0 Å². The van der Waals surface area contributed by atoms with Crippen LogP contribution in [-0.4, -0.2) is 46.3 Å². The highest BCUT2D eigenvalue weighted by Gasteiger charge is 2.27. The standard InChI is InChI=1S/C18H30N4O/c1-14(2)21-11-3-5-16(13-21)18(23)19-9-4-12-22-17(8-10-20-22)15-6-7-15/h8,10,14-16H,3-7,9,11-13H2,1-2H3,(H,19,23)/t16-/m0/s1. The molecule has 0 radical (unpaired) electrons. The van der Waals surface area contributed by atoms with Crippen molar-refractivity contribution < 1.29 is 4.79 Å². The van der Waals surface area contributed by atoms with Crippen LogP contribution in [0.15, 0.2) is 12.3 Å². The second-order valence-electron chi connectivity index (χ2n) is 7.33. The van der Waals surface area contributed by atoms with Crippen LogP contribution >= 0.6 is 0 Å². The Bertz CT molecular complexity index is 521. The molecular formula is C18H30N4O. The predicted octanol–water partition coefficient (Wildman–Crippen LogP) is 2.39. The normalized spacial score (nSPS) is 22.5. The average Bonchev–Trinajstić information content (AvgIpc) is 3.30. The fourth-order valence-corrected chi connectivity index (χ4v) is 3.53. The van der Waals surface area contributed by atoms with Crippen LogP contribution in [-0.2, 0) is 11.3 Å². The molecule has 23 heavy (non-hydrogen) atoms. The topological polar surface area (TPSA) is 50.2 Å². The highest BCUT2D eigenvalue weighted by Crippen LogP contribution is 2.39. The molecule has 0 unspecified atom stereocenters. The van der Waals surface area contributed by atoms with E-state index in [9.17, 15) is 4.79 Å². The Morgan fingerprint density at radius 2 is 2.22 bits per heavy atom. The summed E-state index contributed by atoms with van der Waals surface area (Å²) in [7, 11) is 0. The van der Waals surface area contributed by atoms with Gasteiger partial charge in [0.15, 0.2) is 0 Å². The zero-order chi connectivity index (χ0) is 16.2. The van der Waals surface area contributed by atoms with Crippen LogP contribution in [0.5, 0.6) is 0 Å². The molecule has 1 aliphatic carbocycles. The average molecular weight is 318 g/mol. The number of rotatable bonds is 7. The smallest absolute Gasteiger partial charge is 0.224 e. The maximum Gasteiger partial charge on any atom is 0.224 e. The summed E-state index contributed by atoms with van der Waals surface area (Å²) in [5, 5.41) is 7.54. The van der Waals surface area contributed by atoms with Gasteiger partial charge in [-0.1, -0.05) is 0 Å². The molecule has 2 fully saturated rings. The molecule has 3 rings (SSSR count). The Balaban J connectivity index is 1.38. The summed E-state index contributed by atoms with van der Waals surface area (Å²) in [4.78, 5) is 14.8. The van der Waals surface area contributed by atoms with Crippen molar-refractivity contribution in [3.05, 3.63) is 18.0 Å². The second kappa shape index (κ2) is 7.47. The molecular weight excluding hydrogens is 288 g/mol. The van der Waals surface area contributed by atoms with E-state index in [1.165, 1.54) is 18.5 Å². The number of nitrogens with zero attached hydrogens (tertiary/aromatic N) is 3. The summed E-state index contributed by atoms with van der Waals surface area (Å²) < 4.78 is 2.12. The highest BCUT2D eigenvalue weighted by atomic mass is 16.1. The fraction of sp³-hybridized carbons (Fsp3) is 0.778. The first-order chi connectivity index (χ1) is 11.1. The number of carbonyl (C=O) groups excluding carboxylic acids is 1. The van der Waals surface area contributed by atoms with E-state index >= 15 is 0 Å². The van der Waals surface area contributed by atoms with E-state index in [2.05, 4.69) is 39.9 Å². The van der Waals surface area contributed by atoms with Gasteiger partial charge in [0.05, 0.1) is 5.92 Å². The number of aryl methyl sites for hydroxylation is 1. The van der Waals surface area contributed by atoms with Gasteiger partial charge < -0.3 is 10.2 Å². The molecule has 128 valence electrons. The van der Waals surface area contributed by atoms with Gasteiger partial charge in [0, 0.05) is 43.5 Å². The quantitative estimate of drug-likeness (QED) is 0.785. The molecule has 5 heteroatoms. The molecule has 1 atom stereocenters. The summed E-state index contributed by atoms with van der Waals surface area (Å²) in [5.74, 6) is 1.13. The van der Waals surface area contributed by atoms with Crippen LogP contribution in [0.2, 0.25) is 0 Å². The lowest BCUT2D eigenvalue weighted by Crippen LogP contribution is -2.45. The minimum atomic E-state index is 0.165. The number of amides is 1. The number of hydrogen-bond acceptors (Lipinski definition) is 3. The van der Waals surface area contributed by atoms with Crippen molar-refractivity contribution in [3.63, 3.8) is 0 Å². The number of carbonyl (C=O) groups is 1. The summed E-state index contributed by atoms with van der Waals surface area (Å²) in [6.07, 6.45) is 7.61. The third-order valence-electron chi connectivity index (χ3n) is 5.14. The maximum absolute atomic E-state index is 12.4. The van der Waals surface area contributed by atoms with Gasteiger partial charge in [-0.3, -0.25) is 9.48 Å². The first-order valence-corrected chi connectivity index (χ1v) is 9.18. The molecule has 1 amide bonds. The molecule has 1 aromatic heterocycles. The van der Waals surface area contributed by atoms with Gasteiger partial charge in [-0.25, -0.2) is 0 Å². The maximum atomic E-state index is 12.4. The third kappa shape index (κ3) is 4.34. The van der Waals surface area contributed by atoms with Crippen LogP contribution in [0.1, 0.15) is 57.6 Å². The largest absolute Gasteiger partial charge is 0.356 e. The zero-order valence-corrected chi connectivity index (χ0v) is 14.5. The second-order valence-corrected chi connectivity index (χ2v) is 7.33. The third-order valence-corrected chi connectivity index (χ3v) is 5.14. The Hall–Kier alpha value is -1.36. The minimum Gasteiger partial charge on any atom is -0.356 e. The summed E-state index contributed by atoms with van der Waals surface area (Å²) in [6, 6.07) is 2.67. The number of hydrogen-bond donors (Lipinski definition) is 1. The lowest BCUT2D eigenvalue weighted by Gasteiger charge is -2.34. The molecule has 5 nitrogen and oxygen atoms in total. The van der Waals surface area contributed by atoms with Crippen LogP contribution in [0.4, 0.5) is 0 Å². The van der Waals surface area contributed by atoms with Gasteiger partial charge in [-0.2, -0.15) is 5.10 Å². The van der Waals surface area contributed by atoms with Gasteiger partial charge >= 0.3 is 0 Å². The van der Waals surface area contributed by atoms with Crippen molar-refractivity contribution in [1.82, 2.24) is 20.0 Å². The molecule has 0 spiro atoms. The van der Waals surface area contributed by atoms with Crippen molar-refractivity contribution in [3.8, 4) is 0 Å².